The normalized spacial score (nSPS) is 17.8. The van der Waals surface area contributed by atoms with Crippen LogP contribution in [0.25, 0.3) is 0 Å². The van der Waals surface area contributed by atoms with Gasteiger partial charge in [-0.2, -0.15) is 0 Å². The molecule has 6 heteroatoms. The second-order valence-corrected chi connectivity index (χ2v) is 7.76. The molecule has 0 atom stereocenters. The van der Waals surface area contributed by atoms with E-state index in [0.29, 0.717) is 18.7 Å². The van der Waals surface area contributed by atoms with Crippen LogP contribution in [0.5, 0.6) is 0 Å². The van der Waals surface area contributed by atoms with Crippen molar-refractivity contribution in [2.45, 2.75) is 53.6 Å². The molecule has 0 aromatic heterocycles. The van der Waals surface area contributed by atoms with E-state index in [-0.39, 0.29) is 40.8 Å². The minimum atomic E-state index is -0.0362. The Morgan fingerprint density at radius 1 is 1.15 bits per heavy atom. The molecule has 0 aliphatic carbocycles. The van der Waals surface area contributed by atoms with Crippen LogP contribution in [0.1, 0.15) is 57.5 Å². The van der Waals surface area contributed by atoms with E-state index in [0.717, 1.165) is 24.6 Å². The van der Waals surface area contributed by atoms with Crippen LogP contribution in [0.3, 0.4) is 0 Å². The molecule has 0 bridgehead atoms. The molecule has 1 fully saturated rings. The Morgan fingerprint density at radius 2 is 1.81 bits per heavy atom. The maximum absolute atomic E-state index is 12.0. The second kappa shape index (κ2) is 9.06. The van der Waals surface area contributed by atoms with Gasteiger partial charge in [0.25, 0.3) is 5.91 Å². The van der Waals surface area contributed by atoms with Crippen molar-refractivity contribution in [3.8, 4) is 0 Å². The van der Waals surface area contributed by atoms with Crippen molar-refractivity contribution in [2.24, 2.45) is 10.4 Å². The second-order valence-electron chi connectivity index (χ2n) is 7.76. The fourth-order valence-electron chi connectivity index (χ4n) is 3.03. The van der Waals surface area contributed by atoms with Gasteiger partial charge >= 0.3 is 0 Å². The number of hydrogen-bond donors (Lipinski definition) is 2. The summed E-state index contributed by atoms with van der Waals surface area (Å²) in [4.78, 5) is 19.1. The number of likely N-dealkylation sites (tertiary alicyclic amines) is 1. The van der Waals surface area contributed by atoms with Crippen molar-refractivity contribution in [1.29, 1.82) is 0 Å². The number of nitrogens with one attached hydrogen (secondary N) is 2. The van der Waals surface area contributed by atoms with Crippen molar-refractivity contribution in [1.82, 2.24) is 15.5 Å². The van der Waals surface area contributed by atoms with Crippen molar-refractivity contribution >= 4 is 35.8 Å². The molecular weight excluding hydrogens is 439 g/mol. The van der Waals surface area contributed by atoms with E-state index < -0.39 is 0 Å². The molecule has 1 aromatic carbocycles. The molecule has 1 aliphatic rings. The molecule has 26 heavy (non-hydrogen) atoms. The Morgan fingerprint density at radius 3 is 2.35 bits per heavy atom. The molecule has 0 spiro atoms. The average molecular weight is 472 g/mol. The van der Waals surface area contributed by atoms with E-state index in [2.05, 4.69) is 50.2 Å². The van der Waals surface area contributed by atoms with E-state index in [1.54, 1.807) is 0 Å². The summed E-state index contributed by atoms with van der Waals surface area (Å²) in [6, 6.07) is 7.69. The Balaban J connectivity index is 0.00000338. The van der Waals surface area contributed by atoms with Gasteiger partial charge in [0.1, 0.15) is 0 Å². The summed E-state index contributed by atoms with van der Waals surface area (Å²) >= 11 is 0. The molecule has 0 unspecified atom stereocenters. The molecule has 2 rings (SSSR count). The number of nitrogens with zero attached hydrogens (tertiary/aromatic N) is 2. The average Bonchev–Trinajstić information content (AvgIpc) is 2.57. The van der Waals surface area contributed by atoms with Crippen LogP contribution in [0.2, 0.25) is 0 Å². The lowest BCUT2D eigenvalue weighted by atomic mass is 9.65. The molecule has 1 aliphatic heterocycles. The van der Waals surface area contributed by atoms with E-state index in [1.807, 2.05) is 31.2 Å². The quantitative estimate of drug-likeness (QED) is 0.391. The number of amides is 1. The number of halogens is 1. The maximum Gasteiger partial charge on any atom is 0.251 e. The van der Waals surface area contributed by atoms with Crippen LogP contribution in [-0.2, 0) is 6.54 Å². The van der Waals surface area contributed by atoms with E-state index in [1.165, 1.54) is 0 Å². The van der Waals surface area contributed by atoms with Crippen LogP contribution in [0.4, 0.5) is 0 Å². The first kappa shape index (κ1) is 22.7. The molecule has 1 amide bonds. The topological polar surface area (TPSA) is 56.7 Å². The highest BCUT2D eigenvalue weighted by Crippen LogP contribution is 2.46. The summed E-state index contributed by atoms with van der Waals surface area (Å²) in [5.74, 6) is 0.904. The molecule has 0 radical (unpaired) electrons. The van der Waals surface area contributed by atoms with Gasteiger partial charge in [0, 0.05) is 36.2 Å². The van der Waals surface area contributed by atoms with Crippen molar-refractivity contribution in [3.63, 3.8) is 0 Å². The Bertz CT molecular complexity index is 655. The van der Waals surface area contributed by atoms with Gasteiger partial charge < -0.3 is 15.5 Å². The fraction of sp³-hybridized carbons (Fsp3) is 0.600. The first-order chi connectivity index (χ1) is 11.7. The number of hydrogen-bond acceptors (Lipinski definition) is 2. The van der Waals surface area contributed by atoms with Crippen LogP contribution >= 0.6 is 24.0 Å². The first-order valence-electron chi connectivity index (χ1n) is 9.16. The molecular formula is C20H33IN4O. The van der Waals surface area contributed by atoms with Crippen molar-refractivity contribution < 1.29 is 4.79 Å². The number of aliphatic imine (C=N–C) groups is 1. The third-order valence-corrected chi connectivity index (χ3v) is 5.41. The molecule has 146 valence electrons. The lowest BCUT2D eigenvalue weighted by molar-refractivity contribution is -0.0667. The first-order valence-corrected chi connectivity index (χ1v) is 9.16. The summed E-state index contributed by atoms with van der Waals surface area (Å²) in [7, 11) is 0. The number of carbonyl (C=O) groups excluding carboxylic acids is 1. The number of benzene rings is 1. The summed E-state index contributed by atoms with van der Waals surface area (Å²) in [5.41, 5.74) is 2.06. The zero-order valence-corrected chi connectivity index (χ0v) is 19.2. The minimum absolute atomic E-state index is 0. The predicted molar refractivity (Wildman–Crippen MR) is 119 cm³/mol. The zero-order chi connectivity index (χ0) is 18.7. The highest BCUT2D eigenvalue weighted by atomic mass is 127. The van der Waals surface area contributed by atoms with E-state index in [9.17, 15) is 4.79 Å². The van der Waals surface area contributed by atoms with Crippen LogP contribution < -0.4 is 10.6 Å². The lowest BCUT2D eigenvalue weighted by Gasteiger charge is -2.62. The summed E-state index contributed by atoms with van der Waals surface area (Å²) in [5, 5.41) is 6.24. The molecule has 2 N–H and O–H groups in total. The Hall–Kier alpha value is -1.31. The standard InChI is InChI=1S/C20H32N4O.HI/c1-7-21-17(25)16-11-9-10-15(12-16)13-23-18(22-8-2)24-14-19(3,4)20(24,5)6;/h9-12H,7-8,13-14H2,1-6H3,(H,21,25)(H,22,23);1H. The maximum atomic E-state index is 12.0. The molecule has 5 nitrogen and oxygen atoms in total. The van der Waals surface area contributed by atoms with Crippen molar-refractivity contribution in [3.05, 3.63) is 35.4 Å². The van der Waals surface area contributed by atoms with Crippen molar-refractivity contribution in [2.75, 3.05) is 19.6 Å². The highest BCUT2D eigenvalue weighted by Gasteiger charge is 2.53. The van der Waals surface area contributed by atoms with Gasteiger partial charge in [-0.1, -0.05) is 26.0 Å². The third kappa shape index (κ3) is 4.69. The summed E-state index contributed by atoms with van der Waals surface area (Å²) in [6.07, 6.45) is 0. The monoisotopic (exact) mass is 472 g/mol. The van der Waals surface area contributed by atoms with Gasteiger partial charge in [-0.15, -0.1) is 24.0 Å². The molecule has 0 saturated carbocycles. The van der Waals surface area contributed by atoms with Crippen LogP contribution in [-0.4, -0.2) is 41.9 Å². The van der Waals surface area contributed by atoms with Gasteiger partial charge in [-0.05, 0) is 45.4 Å². The van der Waals surface area contributed by atoms with E-state index >= 15 is 0 Å². The van der Waals surface area contributed by atoms with Gasteiger partial charge in [-0.25, -0.2) is 4.99 Å². The Labute approximate surface area is 175 Å². The fourth-order valence-corrected chi connectivity index (χ4v) is 3.03. The zero-order valence-electron chi connectivity index (χ0n) is 16.8. The van der Waals surface area contributed by atoms with E-state index in [4.69, 9.17) is 4.99 Å². The summed E-state index contributed by atoms with van der Waals surface area (Å²) < 4.78 is 0. The third-order valence-electron chi connectivity index (χ3n) is 5.41. The molecule has 1 aromatic rings. The number of rotatable bonds is 5. The molecule has 1 saturated heterocycles. The number of guanidine groups is 1. The van der Waals surface area contributed by atoms with Crippen LogP contribution in [0.15, 0.2) is 29.3 Å². The summed E-state index contributed by atoms with van der Waals surface area (Å²) in [6.45, 7) is 16.1. The highest BCUT2D eigenvalue weighted by molar-refractivity contribution is 14.0. The van der Waals surface area contributed by atoms with Gasteiger partial charge in [-0.3, -0.25) is 4.79 Å². The minimum Gasteiger partial charge on any atom is -0.356 e. The lowest BCUT2D eigenvalue weighted by Crippen LogP contribution is -2.72. The van der Waals surface area contributed by atoms with Crippen LogP contribution in [0, 0.1) is 5.41 Å². The Kier molecular flexibility index (Phi) is 7.92. The largest absolute Gasteiger partial charge is 0.356 e. The smallest absolute Gasteiger partial charge is 0.251 e. The number of carbonyl (C=O) groups is 1. The predicted octanol–water partition coefficient (Wildman–Crippen LogP) is 3.64. The van der Waals surface area contributed by atoms with Gasteiger partial charge in [0.2, 0.25) is 0 Å². The SMILES string of the molecule is CCNC(=O)c1cccc(CN=C(NCC)N2CC(C)(C)C2(C)C)c1.I. The molecule has 1 heterocycles. The van der Waals surface area contributed by atoms with Gasteiger partial charge in [0.15, 0.2) is 5.96 Å². The van der Waals surface area contributed by atoms with Gasteiger partial charge in [0.05, 0.1) is 6.54 Å².